The Hall–Kier alpha value is -2.13. The second-order valence-electron chi connectivity index (χ2n) is 10.2. The molecule has 0 spiro atoms. The number of hydrogen-bond acceptors (Lipinski definition) is 3. The van der Waals surface area contributed by atoms with Crippen LogP contribution in [0.2, 0.25) is 0 Å². The SMILES string of the molecule is CCCCCCCCCCCCCCCCCc1ccc(C(=S)C=Cc2cccc(OC)c2OC)cc1. The third kappa shape index (κ3) is 12.8. The Morgan fingerprint density at radius 2 is 1.22 bits per heavy atom. The molecule has 0 atom stereocenters. The van der Waals surface area contributed by atoms with Crippen LogP contribution < -0.4 is 9.47 Å². The van der Waals surface area contributed by atoms with Crippen LogP contribution in [0.3, 0.4) is 0 Å². The van der Waals surface area contributed by atoms with Gasteiger partial charge in [0.2, 0.25) is 0 Å². The smallest absolute Gasteiger partial charge is 0.167 e. The van der Waals surface area contributed by atoms with E-state index < -0.39 is 0 Å². The summed E-state index contributed by atoms with van der Waals surface area (Å²) in [6.07, 6.45) is 26.2. The molecule has 2 aromatic carbocycles. The van der Waals surface area contributed by atoms with Crippen molar-refractivity contribution in [2.45, 2.75) is 110 Å². The van der Waals surface area contributed by atoms with Crippen LogP contribution in [0.5, 0.6) is 11.5 Å². The van der Waals surface area contributed by atoms with E-state index in [0.29, 0.717) is 0 Å². The first-order chi connectivity index (χ1) is 18.2. The van der Waals surface area contributed by atoms with Crippen LogP contribution in [0.15, 0.2) is 48.5 Å². The molecule has 37 heavy (non-hydrogen) atoms. The fraction of sp³-hybridized carbons (Fsp3) is 0.559. The zero-order valence-corrected chi connectivity index (χ0v) is 24.6. The number of allylic oxidation sites excluding steroid dienone is 1. The van der Waals surface area contributed by atoms with E-state index in [1.807, 2.05) is 30.4 Å². The molecule has 0 aliphatic rings. The summed E-state index contributed by atoms with van der Waals surface area (Å²) in [5.41, 5.74) is 3.43. The predicted molar refractivity (Wildman–Crippen MR) is 165 cm³/mol. The number of ether oxygens (including phenoxy) is 2. The van der Waals surface area contributed by atoms with Crippen molar-refractivity contribution in [2.24, 2.45) is 0 Å². The van der Waals surface area contributed by atoms with Gasteiger partial charge in [0, 0.05) is 10.4 Å². The first-order valence-corrected chi connectivity index (χ1v) is 15.1. The van der Waals surface area contributed by atoms with E-state index in [-0.39, 0.29) is 0 Å². The summed E-state index contributed by atoms with van der Waals surface area (Å²) < 4.78 is 10.9. The van der Waals surface area contributed by atoms with Crippen molar-refractivity contribution < 1.29 is 9.47 Å². The second-order valence-corrected chi connectivity index (χ2v) is 10.6. The van der Waals surface area contributed by atoms with Crippen LogP contribution in [0, 0.1) is 0 Å². The molecule has 2 rings (SSSR count). The van der Waals surface area contributed by atoms with Gasteiger partial charge < -0.3 is 9.47 Å². The number of thiocarbonyl (C=S) groups is 1. The van der Waals surface area contributed by atoms with Crippen molar-refractivity contribution in [3.8, 4) is 11.5 Å². The van der Waals surface area contributed by atoms with Gasteiger partial charge in [0.15, 0.2) is 11.5 Å². The summed E-state index contributed by atoms with van der Waals surface area (Å²) in [4.78, 5) is 0.823. The first kappa shape index (κ1) is 31.1. The molecular weight excluding hydrogens is 472 g/mol. The van der Waals surface area contributed by atoms with E-state index in [1.54, 1.807) is 14.2 Å². The standard InChI is InChI=1S/C34H50O2S/c1-4-5-6-7-8-9-10-11-12-13-14-15-16-17-18-20-29-23-25-30(26-24-29)33(37)28-27-31-21-19-22-32(35-2)34(31)36-3/h19,21-28H,4-18,20H2,1-3H3. The third-order valence-corrected chi connectivity index (χ3v) is 7.53. The Kier molecular flexibility index (Phi) is 16.7. The van der Waals surface area contributed by atoms with Crippen LogP contribution in [-0.4, -0.2) is 19.1 Å². The summed E-state index contributed by atoms with van der Waals surface area (Å²) in [5, 5.41) is 0. The minimum Gasteiger partial charge on any atom is -0.493 e. The Morgan fingerprint density at radius 1 is 0.676 bits per heavy atom. The normalized spacial score (nSPS) is 11.2. The van der Waals surface area contributed by atoms with Gasteiger partial charge in [-0.25, -0.2) is 0 Å². The average Bonchev–Trinajstić information content (AvgIpc) is 2.93. The molecule has 204 valence electrons. The van der Waals surface area contributed by atoms with E-state index in [1.165, 1.54) is 102 Å². The lowest BCUT2D eigenvalue weighted by Gasteiger charge is -2.10. The number of aryl methyl sites for hydroxylation is 1. The van der Waals surface area contributed by atoms with Gasteiger partial charge in [-0.1, -0.05) is 145 Å². The minimum absolute atomic E-state index is 0.721. The molecule has 0 aliphatic carbocycles. The Morgan fingerprint density at radius 3 is 1.73 bits per heavy atom. The molecule has 0 fully saturated rings. The van der Waals surface area contributed by atoms with Gasteiger partial charge >= 0.3 is 0 Å². The number of unbranched alkanes of at least 4 members (excludes halogenated alkanes) is 14. The molecule has 0 bridgehead atoms. The number of rotatable bonds is 21. The number of hydrogen-bond donors (Lipinski definition) is 0. The minimum atomic E-state index is 0.721. The molecule has 0 N–H and O–H groups in total. The Bertz CT molecular complexity index is 901. The quantitative estimate of drug-likeness (QED) is 0.0703. The largest absolute Gasteiger partial charge is 0.493 e. The van der Waals surface area contributed by atoms with Gasteiger partial charge in [0.1, 0.15) is 0 Å². The second kappa shape index (κ2) is 19.9. The summed E-state index contributed by atoms with van der Waals surface area (Å²) >= 11 is 5.65. The molecule has 0 unspecified atom stereocenters. The highest BCUT2D eigenvalue weighted by Gasteiger charge is 2.07. The van der Waals surface area contributed by atoms with E-state index in [0.717, 1.165) is 33.9 Å². The van der Waals surface area contributed by atoms with Gasteiger partial charge in [0.25, 0.3) is 0 Å². The molecule has 0 aliphatic heterocycles. The van der Waals surface area contributed by atoms with E-state index >= 15 is 0 Å². The van der Waals surface area contributed by atoms with Crippen LogP contribution in [0.1, 0.15) is 120 Å². The van der Waals surface area contributed by atoms with Gasteiger partial charge in [0.05, 0.1) is 14.2 Å². The predicted octanol–water partition coefficient (Wildman–Crippen LogP) is 10.5. The maximum Gasteiger partial charge on any atom is 0.167 e. The van der Waals surface area contributed by atoms with Gasteiger partial charge in [-0.15, -0.1) is 0 Å². The van der Waals surface area contributed by atoms with Crippen molar-refractivity contribution in [2.75, 3.05) is 14.2 Å². The fourth-order valence-electron chi connectivity index (χ4n) is 4.84. The van der Waals surface area contributed by atoms with Gasteiger partial charge in [-0.2, -0.15) is 0 Å². The van der Waals surface area contributed by atoms with Crippen LogP contribution in [0.25, 0.3) is 6.08 Å². The zero-order chi connectivity index (χ0) is 26.6. The topological polar surface area (TPSA) is 18.5 Å². The number of benzene rings is 2. The summed E-state index contributed by atoms with van der Waals surface area (Å²) in [5.74, 6) is 1.45. The average molecular weight is 523 g/mol. The molecule has 0 amide bonds. The van der Waals surface area contributed by atoms with Crippen molar-refractivity contribution in [3.63, 3.8) is 0 Å². The van der Waals surface area contributed by atoms with E-state index in [4.69, 9.17) is 21.7 Å². The number of methoxy groups -OCH3 is 2. The third-order valence-electron chi connectivity index (χ3n) is 7.16. The van der Waals surface area contributed by atoms with E-state index in [9.17, 15) is 0 Å². The fourth-order valence-corrected chi connectivity index (χ4v) is 5.05. The lowest BCUT2D eigenvalue weighted by atomic mass is 10.0. The monoisotopic (exact) mass is 522 g/mol. The molecule has 3 heteroatoms. The van der Waals surface area contributed by atoms with Crippen LogP contribution >= 0.6 is 12.2 Å². The maximum atomic E-state index is 5.65. The summed E-state index contributed by atoms with van der Waals surface area (Å²) in [6.45, 7) is 2.29. The van der Waals surface area contributed by atoms with Crippen LogP contribution in [0.4, 0.5) is 0 Å². The molecule has 0 saturated heterocycles. The lowest BCUT2D eigenvalue weighted by molar-refractivity contribution is 0.354. The molecule has 2 nitrogen and oxygen atoms in total. The Balaban J connectivity index is 1.56. The summed E-state index contributed by atoms with van der Waals surface area (Å²) in [6, 6.07) is 14.6. The van der Waals surface area contributed by atoms with Crippen molar-refractivity contribution in [1.29, 1.82) is 0 Å². The molecule has 0 radical (unpaired) electrons. The zero-order valence-electron chi connectivity index (χ0n) is 23.7. The molecule has 0 saturated carbocycles. The highest BCUT2D eigenvalue weighted by Crippen LogP contribution is 2.31. The molecule has 0 heterocycles. The van der Waals surface area contributed by atoms with Gasteiger partial charge in [-0.05, 0) is 42.2 Å². The Labute approximate surface area is 232 Å². The highest BCUT2D eigenvalue weighted by atomic mass is 32.1. The lowest BCUT2D eigenvalue weighted by Crippen LogP contribution is -1.95. The van der Waals surface area contributed by atoms with Crippen molar-refractivity contribution >= 4 is 23.2 Å². The van der Waals surface area contributed by atoms with Crippen LogP contribution in [-0.2, 0) is 6.42 Å². The highest BCUT2D eigenvalue weighted by molar-refractivity contribution is 7.81. The maximum absolute atomic E-state index is 5.65. The van der Waals surface area contributed by atoms with Crippen molar-refractivity contribution in [3.05, 3.63) is 65.2 Å². The number of para-hydroxylation sites is 1. The van der Waals surface area contributed by atoms with Crippen molar-refractivity contribution in [1.82, 2.24) is 0 Å². The molecule has 0 aromatic heterocycles. The van der Waals surface area contributed by atoms with E-state index in [2.05, 4.69) is 31.2 Å². The first-order valence-electron chi connectivity index (χ1n) is 14.7. The molecule has 2 aromatic rings. The summed E-state index contributed by atoms with van der Waals surface area (Å²) in [7, 11) is 3.31. The molecular formula is C34H50O2S. The van der Waals surface area contributed by atoms with Gasteiger partial charge in [-0.3, -0.25) is 0 Å².